The van der Waals surface area contributed by atoms with Gasteiger partial charge in [-0.2, -0.15) is 0 Å². The van der Waals surface area contributed by atoms with Crippen molar-refractivity contribution >= 4 is 33.2 Å². The van der Waals surface area contributed by atoms with Crippen LogP contribution in [0.1, 0.15) is 22.0 Å². The number of likely N-dealkylation sites (N-methyl/N-ethyl adjacent to an activating group) is 1. The van der Waals surface area contributed by atoms with Crippen molar-refractivity contribution in [2.75, 3.05) is 25.4 Å². The van der Waals surface area contributed by atoms with Crippen LogP contribution in [0.15, 0.2) is 71.6 Å². The van der Waals surface area contributed by atoms with E-state index in [4.69, 9.17) is 11.6 Å². The Labute approximate surface area is 196 Å². The number of anilines is 1. The summed E-state index contributed by atoms with van der Waals surface area (Å²) < 4.78 is 55.3. The molecule has 0 aliphatic rings. The van der Waals surface area contributed by atoms with Crippen LogP contribution in [0.4, 0.5) is 14.5 Å². The molecule has 10 heteroatoms. The van der Waals surface area contributed by atoms with E-state index in [1.54, 1.807) is 25.1 Å². The van der Waals surface area contributed by atoms with Crippen molar-refractivity contribution in [3.05, 3.63) is 94.5 Å². The molecule has 174 valence electrons. The lowest BCUT2D eigenvalue weighted by Gasteiger charge is -2.26. The highest BCUT2D eigenvalue weighted by atomic mass is 35.5. The van der Waals surface area contributed by atoms with Crippen molar-refractivity contribution in [3.63, 3.8) is 0 Å². The van der Waals surface area contributed by atoms with E-state index in [2.05, 4.69) is 10.0 Å². The second kappa shape index (κ2) is 10.3. The minimum Gasteiger partial charge on any atom is -0.350 e. The summed E-state index contributed by atoms with van der Waals surface area (Å²) in [6.45, 7) is 0.0708. The van der Waals surface area contributed by atoms with Gasteiger partial charge in [0.25, 0.3) is 15.9 Å². The number of nitrogens with one attached hydrogen (secondary N) is 2. The topological polar surface area (TPSA) is 78.5 Å². The van der Waals surface area contributed by atoms with Gasteiger partial charge in [-0.25, -0.2) is 17.2 Å². The van der Waals surface area contributed by atoms with E-state index in [9.17, 15) is 22.0 Å². The number of hydrogen-bond donors (Lipinski definition) is 2. The molecule has 0 radical (unpaired) electrons. The van der Waals surface area contributed by atoms with Gasteiger partial charge in [-0.1, -0.05) is 29.8 Å². The van der Waals surface area contributed by atoms with Crippen LogP contribution < -0.4 is 10.0 Å². The maximum Gasteiger partial charge on any atom is 0.261 e. The van der Waals surface area contributed by atoms with Crippen molar-refractivity contribution in [1.82, 2.24) is 10.2 Å². The van der Waals surface area contributed by atoms with Gasteiger partial charge in [0.15, 0.2) is 0 Å². The number of carbonyl (C=O) groups is 1. The van der Waals surface area contributed by atoms with Gasteiger partial charge in [0.1, 0.15) is 11.6 Å². The molecule has 1 amide bonds. The zero-order valence-corrected chi connectivity index (χ0v) is 19.4. The van der Waals surface area contributed by atoms with Gasteiger partial charge in [-0.05, 0) is 62.6 Å². The smallest absolute Gasteiger partial charge is 0.261 e. The third-order valence-electron chi connectivity index (χ3n) is 4.96. The molecular weight excluding hydrogens is 472 g/mol. The highest BCUT2D eigenvalue weighted by Crippen LogP contribution is 2.28. The van der Waals surface area contributed by atoms with Crippen LogP contribution >= 0.6 is 11.6 Å². The molecule has 0 saturated heterocycles. The molecule has 0 spiro atoms. The summed E-state index contributed by atoms with van der Waals surface area (Å²) in [6, 6.07) is 14.4. The second-order valence-electron chi connectivity index (χ2n) is 7.43. The first kappa shape index (κ1) is 24.6. The molecule has 33 heavy (non-hydrogen) atoms. The Kier molecular flexibility index (Phi) is 7.68. The molecule has 0 saturated carbocycles. The Morgan fingerprint density at radius 2 is 1.61 bits per heavy atom. The van der Waals surface area contributed by atoms with Crippen molar-refractivity contribution < 1.29 is 22.0 Å². The Bertz CT molecular complexity index is 1230. The Balaban J connectivity index is 1.71. The molecular formula is C23H22ClF2N3O3S. The van der Waals surface area contributed by atoms with Crippen LogP contribution in [0.3, 0.4) is 0 Å². The number of amides is 1. The first-order valence-electron chi connectivity index (χ1n) is 9.86. The van der Waals surface area contributed by atoms with E-state index in [1.807, 2.05) is 0 Å². The standard InChI is InChI=1S/C23H22ClF2N3O3S/c1-29(2)21(22-17(24)6-5-8-19(22)26)14-27-23(30)15-10-12-16(13-11-15)33(31,32)28-20-9-4-3-7-18(20)25/h3-13,21,28H,14H2,1-2H3,(H,27,30). The van der Waals surface area contributed by atoms with E-state index in [1.165, 1.54) is 54.6 Å². The van der Waals surface area contributed by atoms with Crippen molar-refractivity contribution in [1.29, 1.82) is 0 Å². The lowest BCUT2D eigenvalue weighted by Crippen LogP contribution is -2.35. The number of para-hydroxylation sites is 1. The Morgan fingerprint density at radius 1 is 0.970 bits per heavy atom. The molecule has 0 bridgehead atoms. The number of carbonyl (C=O) groups excluding carboxylic acids is 1. The number of benzene rings is 3. The van der Waals surface area contributed by atoms with Gasteiger partial charge in [0.05, 0.1) is 16.6 Å². The van der Waals surface area contributed by atoms with Crippen LogP contribution in [-0.4, -0.2) is 39.9 Å². The molecule has 0 aromatic heterocycles. The van der Waals surface area contributed by atoms with E-state index >= 15 is 0 Å². The second-order valence-corrected chi connectivity index (χ2v) is 9.52. The van der Waals surface area contributed by atoms with Crippen molar-refractivity contribution in [2.45, 2.75) is 10.9 Å². The van der Waals surface area contributed by atoms with Crippen molar-refractivity contribution in [3.8, 4) is 0 Å². The summed E-state index contributed by atoms with van der Waals surface area (Å²) in [5, 5.41) is 2.97. The normalized spacial score (nSPS) is 12.4. The van der Waals surface area contributed by atoms with E-state index in [0.29, 0.717) is 0 Å². The van der Waals surface area contributed by atoms with E-state index < -0.39 is 33.6 Å². The van der Waals surface area contributed by atoms with Gasteiger partial charge in [0.2, 0.25) is 0 Å². The van der Waals surface area contributed by atoms with Gasteiger partial charge in [-0.3, -0.25) is 9.52 Å². The molecule has 1 unspecified atom stereocenters. The van der Waals surface area contributed by atoms with Crippen LogP contribution in [0.25, 0.3) is 0 Å². The SMILES string of the molecule is CN(C)C(CNC(=O)c1ccc(S(=O)(=O)Nc2ccccc2F)cc1)c1c(F)cccc1Cl. The predicted octanol–water partition coefficient (Wildman–Crippen LogP) is 4.45. The molecule has 0 aliphatic carbocycles. The summed E-state index contributed by atoms with van der Waals surface area (Å²) in [7, 11) is -0.570. The number of hydrogen-bond acceptors (Lipinski definition) is 4. The monoisotopic (exact) mass is 493 g/mol. The minimum absolute atomic E-state index is 0.0708. The minimum atomic E-state index is -4.05. The lowest BCUT2D eigenvalue weighted by atomic mass is 10.0. The number of rotatable bonds is 8. The van der Waals surface area contributed by atoms with Crippen LogP contribution in [0.2, 0.25) is 5.02 Å². The van der Waals surface area contributed by atoms with Gasteiger partial charge in [-0.15, -0.1) is 0 Å². The highest BCUT2D eigenvalue weighted by Gasteiger charge is 2.22. The predicted molar refractivity (Wildman–Crippen MR) is 124 cm³/mol. The molecule has 3 rings (SSSR count). The summed E-state index contributed by atoms with van der Waals surface area (Å²) >= 11 is 6.16. The average molecular weight is 494 g/mol. The van der Waals surface area contributed by atoms with E-state index in [-0.39, 0.29) is 33.3 Å². The fourth-order valence-corrected chi connectivity index (χ4v) is 4.55. The maximum absolute atomic E-state index is 14.3. The van der Waals surface area contributed by atoms with Crippen LogP contribution in [0.5, 0.6) is 0 Å². The first-order chi connectivity index (χ1) is 15.6. The number of sulfonamides is 1. The quantitative estimate of drug-likeness (QED) is 0.486. The molecule has 0 heterocycles. The van der Waals surface area contributed by atoms with Crippen LogP contribution in [0, 0.1) is 11.6 Å². The molecule has 1 atom stereocenters. The Morgan fingerprint density at radius 3 is 2.21 bits per heavy atom. The number of nitrogens with zero attached hydrogens (tertiary/aromatic N) is 1. The largest absolute Gasteiger partial charge is 0.350 e. The first-order valence-corrected chi connectivity index (χ1v) is 11.7. The summed E-state index contributed by atoms with van der Waals surface area (Å²) in [6.07, 6.45) is 0. The van der Waals surface area contributed by atoms with Crippen molar-refractivity contribution in [2.24, 2.45) is 0 Å². The highest BCUT2D eigenvalue weighted by molar-refractivity contribution is 7.92. The number of halogens is 3. The molecule has 3 aromatic carbocycles. The third-order valence-corrected chi connectivity index (χ3v) is 6.67. The fourth-order valence-electron chi connectivity index (χ4n) is 3.20. The third kappa shape index (κ3) is 5.87. The lowest BCUT2D eigenvalue weighted by molar-refractivity contribution is 0.0941. The summed E-state index contributed by atoms with van der Waals surface area (Å²) in [5.74, 6) is -1.66. The van der Waals surface area contributed by atoms with Gasteiger partial charge in [0, 0.05) is 22.7 Å². The summed E-state index contributed by atoms with van der Waals surface area (Å²) in [5.41, 5.74) is 0.294. The van der Waals surface area contributed by atoms with E-state index in [0.717, 1.165) is 6.07 Å². The fraction of sp³-hybridized carbons (Fsp3) is 0.174. The molecule has 2 N–H and O–H groups in total. The van der Waals surface area contributed by atoms with Gasteiger partial charge < -0.3 is 10.2 Å². The van der Waals surface area contributed by atoms with Crippen LogP contribution in [-0.2, 0) is 10.0 Å². The Hall–Kier alpha value is -3.01. The van der Waals surface area contributed by atoms with Gasteiger partial charge >= 0.3 is 0 Å². The summed E-state index contributed by atoms with van der Waals surface area (Å²) in [4.78, 5) is 14.2. The molecule has 6 nitrogen and oxygen atoms in total. The maximum atomic E-state index is 14.3. The molecule has 0 fully saturated rings. The zero-order chi connectivity index (χ0) is 24.2. The average Bonchev–Trinajstić information content (AvgIpc) is 2.77. The zero-order valence-electron chi connectivity index (χ0n) is 17.8. The molecule has 0 aliphatic heterocycles. The molecule has 3 aromatic rings.